The number of fused-ring (bicyclic) bond motifs is 1. The van der Waals surface area contributed by atoms with Crippen molar-refractivity contribution < 1.29 is 9.18 Å². The summed E-state index contributed by atoms with van der Waals surface area (Å²) in [6, 6.07) is 15.1. The number of halogens is 1. The lowest BCUT2D eigenvalue weighted by Crippen LogP contribution is -2.34. The molecule has 3 nitrogen and oxygen atoms in total. The summed E-state index contributed by atoms with van der Waals surface area (Å²) in [5.74, 6) is -0.0111. The number of nitrogens with one attached hydrogen (secondary N) is 1. The molecule has 1 aliphatic rings. The Morgan fingerprint density at radius 3 is 2.78 bits per heavy atom. The molecule has 4 rings (SSSR count). The third-order valence-corrected chi connectivity index (χ3v) is 5.25. The van der Waals surface area contributed by atoms with Crippen LogP contribution in [0, 0.1) is 5.82 Å². The maximum absolute atomic E-state index is 13.4. The number of H-pyrrole nitrogens is 1. The van der Waals surface area contributed by atoms with Gasteiger partial charge in [0.1, 0.15) is 5.82 Å². The summed E-state index contributed by atoms with van der Waals surface area (Å²) in [6.07, 6.45) is 7.30. The highest BCUT2D eigenvalue weighted by Gasteiger charge is 2.19. The van der Waals surface area contributed by atoms with Crippen molar-refractivity contribution in [3.8, 4) is 0 Å². The highest BCUT2D eigenvalue weighted by molar-refractivity contribution is 5.93. The fraction of sp³-hybridized carbons (Fsp3) is 0.261. The van der Waals surface area contributed by atoms with E-state index in [-0.39, 0.29) is 11.7 Å². The quantitative estimate of drug-likeness (QED) is 0.685. The molecule has 2 heterocycles. The molecular weight excluding hydrogens is 339 g/mol. The van der Waals surface area contributed by atoms with Gasteiger partial charge in [0.05, 0.1) is 0 Å². The van der Waals surface area contributed by atoms with Crippen LogP contribution in [-0.2, 0) is 11.2 Å². The molecule has 138 valence electrons. The van der Waals surface area contributed by atoms with E-state index in [0.717, 1.165) is 42.3 Å². The molecular formula is C23H23FN2O. The SMILES string of the molecule is O=C(CCCc1ccccc1)N1CC=C(c2c[nH]c3cc(F)ccc23)CC1. The Bertz CT molecular complexity index is 974. The molecule has 0 saturated carbocycles. The van der Waals surface area contributed by atoms with E-state index in [1.807, 2.05) is 35.4 Å². The number of benzene rings is 2. The first kappa shape index (κ1) is 17.5. The molecule has 0 unspecified atom stereocenters. The van der Waals surface area contributed by atoms with E-state index in [2.05, 4.69) is 23.2 Å². The molecule has 1 N–H and O–H groups in total. The lowest BCUT2D eigenvalue weighted by molar-refractivity contribution is -0.130. The number of aromatic amines is 1. The molecule has 0 aliphatic carbocycles. The van der Waals surface area contributed by atoms with Gasteiger partial charge in [0.2, 0.25) is 5.91 Å². The van der Waals surface area contributed by atoms with Crippen LogP contribution in [0.1, 0.15) is 30.4 Å². The molecule has 27 heavy (non-hydrogen) atoms. The standard InChI is InChI=1S/C23H23FN2O/c24-19-9-10-20-21(16-25-22(20)15-19)18-11-13-26(14-12-18)23(27)8-4-7-17-5-2-1-3-6-17/h1-3,5-6,9-11,15-16,25H,4,7-8,12-14H2. The summed E-state index contributed by atoms with van der Waals surface area (Å²) in [5, 5.41) is 1.03. The van der Waals surface area contributed by atoms with Crippen LogP contribution in [0.3, 0.4) is 0 Å². The van der Waals surface area contributed by atoms with Crippen molar-refractivity contribution in [2.24, 2.45) is 0 Å². The third-order valence-electron chi connectivity index (χ3n) is 5.25. The van der Waals surface area contributed by atoms with Crippen LogP contribution in [0.4, 0.5) is 4.39 Å². The van der Waals surface area contributed by atoms with Crippen LogP contribution in [0.25, 0.3) is 16.5 Å². The van der Waals surface area contributed by atoms with Crippen LogP contribution in [0.2, 0.25) is 0 Å². The molecule has 0 bridgehead atoms. The third kappa shape index (κ3) is 3.95. The molecule has 0 spiro atoms. The van der Waals surface area contributed by atoms with E-state index in [4.69, 9.17) is 0 Å². The predicted molar refractivity (Wildman–Crippen MR) is 107 cm³/mol. The van der Waals surface area contributed by atoms with Crippen molar-refractivity contribution >= 4 is 22.4 Å². The summed E-state index contributed by atoms with van der Waals surface area (Å²) < 4.78 is 13.4. The van der Waals surface area contributed by atoms with Crippen molar-refractivity contribution in [3.63, 3.8) is 0 Å². The van der Waals surface area contributed by atoms with Gasteiger partial charge in [-0.2, -0.15) is 0 Å². The Labute approximate surface area is 158 Å². The maximum Gasteiger partial charge on any atom is 0.222 e. The number of aryl methyl sites for hydroxylation is 1. The van der Waals surface area contributed by atoms with Crippen LogP contribution < -0.4 is 0 Å². The number of rotatable bonds is 5. The second-order valence-corrected chi connectivity index (χ2v) is 7.05. The molecule has 2 aromatic carbocycles. The minimum Gasteiger partial charge on any atom is -0.360 e. The molecule has 1 amide bonds. The average molecular weight is 362 g/mol. The fourth-order valence-electron chi connectivity index (χ4n) is 3.75. The smallest absolute Gasteiger partial charge is 0.222 e. The lowest BCUT2D eigenvalue weighted by atomic mass is 9.98. The van der Waals surface area contributed by atoms with Crippen LogP contribution in [0.15, 0.2) is 60.8 Å². The topological polar surface area (TPSA) is 36.1 Å². The Balaban J connectivity index is 1.35. The Kier molecular flexibility index (Phi) is 5.05. The number of carbonyl (C=O) groups excluding carboxylic acids is 1. The molecule has 0 fully saturated rings. The second kappa shape index (κ2) is 7.78. The van der Waals surface area contributed by atoms with Crippen LogP contribution in [-0.4, -0.2) is 28.9 Å². The largest absolute Gasteiger partial charge is 0.360 e. The molecule has 0 radical (unpaired) electrons. The van der Waals surface area contributed by atoms with Gasteiger partial charge in [0.15, 0.2) is 0 Å². The zero-order chi connectivity index (χ0) is 18.6. The summed E-state index contributed by atoms with van der Waals surface area (Å²) in [7, 11) is 0. The van der Waals surface area contributed by atoms with Crippen molar-refractivity contribution in [2.75, 3.05) is 13.1 Å². The van der Waals surface area contributed by atoms with Crippen molar-refractivity contribution in [1.82, 2.24) is 9.88 Å². The number of amides is 1. The highest BCUT2D eigenvalue weighted by Crippen LogP contribution is 2.29. The van der Waals surface area contributed by atoms with E-state index in [1.165, 1.54) is 23.3 Å². The van der Waals surface area contributed by atoms with Gasteiger partial charge in [-0.3, -0.25) is 4.79 Å². The van der Waals surface area contributed by atoms with Gasteiger partial charge in [0.25, 0.3) is 0 Å². The summed E-state index contributed by atoms with van der Waals surface area (Å²) in [5.41, 5.74) is 4.43. The van der Waals surface area contributed by atoms with Crippen molar-refractivity contribution in [3.05, 3.63) is 77.7 Å². The first-order valence-corrected chi connectivity index (χ1v) is 9.48. The average Bonchev–Trinajstić information content (AvgIpc) is 3.12. The Hall–Kier alpha value is -2.88. The second-order valence-electron chi connectivity index (χ2n) is 7.05. The van der Waals surface area contributed by atoms with Crippen LogP contribution in [0.5, 0.6) is 0 Å². The first-order chi connectivity index (χ1) is 13.2. The Morgan fingerprint density at radius 1 is 1.15 bits per heavy atom. The van der Waals surface area contributed by atoms with E-state index >= 15 is 0 Å². The molecule has 0 saturated heterocycles. The van der Waals surface area contributed by atoms with Gasteiger partial charge in [-0.15, -0.1) is 0 Å². The number of nitrogens with zero attached hydrogens (tertiary/aromatic N) is 1. The Morgan fingerprint density at radius 2 is 2.00 bits per heavy atom. The highest BCUT2D eigenvalue weighted by atomic mass is 19.1. The summed E-state index contributed by atoms with van der Waals surface area (Å²) in [6.45, 7) is 1.39. The van der Waals surface area contributed by atoms with Gasteiger partial charge in [-0.1, -0.05) is 36.4 Å². The lowest BCUT2D eigenvalue weighted by Gasteiger charge is -2.26. The minimum absolute atomic E-state index is 0.224. The number of hydrogen-bond donors (Lipinski definition) is 1. The zero-order valence-electron chi connectivity index (χ0n) is 15.2. The van der Waals surface area contributed by atoms with E-state index in [9.17, 15) is 9.18 Å². The maximum atomic E-state index is 13.4. The van der Waals surface area contributed by atoms with Crippen molar-refractivity contribution in [1.29, 1.82) is 0 Å². The van der Waals surface area contributed by atoms with E-state index in [1.54, 1.807) is 0 Å². The van der Waals surface area contributed by atoms with E-state index < -0.39 is 0 Å². The predicted octanol–water partition coefficient (Wildman–Crippen LogP) is 4.95. The summed E-state index contributed by atoms with van der Waals surface area (Å²) >= 11 is 0. The normalized spacial score (nSPS) is 14.4. The molecule has 1 aromatic heterocycles. The number of hydrogen-bond acceptors (Lipinski definition) is 1. The number of carbonyl (C=O) groups is 1. The fourth-order valence-corrected chi connectivity index (χ4v) is 3.75. The van der Waals surface area contributed by atoms with Gasteiger partial charge < -0.3 is 9.88 Å². The summed E-state index contributed by atoms with van der Waals surface area (Å²) in [4.78, 5) is 17.6. The molecule has 0 atom stereocenters. The molecule has 1 aliphatic heterocycles. The van der Waals surface area contributed by atoms with Gasteiger partial charge in [0, 0.05) is 42.2 Å². The zero-order valence-corrected chi connectivity index (χ0v) is 15.2. The van der Waals surface area contributed by atoms with Gasteiger partial charge >= 0.3 is 0 Å². The minimum atomic E-state index is -0.235. The molecule has 4 heteroatoms. The first-order valence-electron chi connectivity index (χ1n) is 9.48. The van der Waals surface area contributed by atoms with Crippen molar-refractivity contribution in [2.45, 2.75) is 25.7 Å². The molecule has 3 aromatic rings. The van der Waals surface area contributed by atoms with E-state index in [0.29, 0.717) is 13.0 Å². The number of aromatic nitrogens is 1. The monoisotopic (exact) mass is 362 g/mol. The van der Waals surface area contributed by atoms with Gasteiger partial charge in [-0.25, -0.2) is 4.39 Å². The van der Waals surface area contributed by atoms with Gasteiger partial charge in [-0.05, 0) is 48.6 Å². The van der Waals surface area contributed by atoms with Crippen LogP contribution >= 0.6 is 0 Å².